The van der Waals surface area contributed by atoms with Gasteiger partial charge in [-0.3, -0.25) is 5.32 Å². The molecule has 2 amide bonds. The Balaban J connectivity index is 2.35. The molecule has 0 aliphatic carbocycles. The van der Waals surface area contributed by atoms with Crippen LogP contribution in [0.2, 0.25) is 0 Å². The van der Waals surface area contributed by atoms with Crippen LogP contribution in [0.15, 0.2) is 24.3 Å². The molecule has 9 heteroatoms. The molecule has 0 fully saturated rings. The number of urea groups is 1. The summed E-state index contributed by atoms with van der Waals surface area (Å²) < 4.78 is 10.2. The van der Waals surface area contributed by atoms with Crippen LogP contribution in [0.5, 0.6) is 0 Å². The molecular weight excluding hydrogens is 418 g/mol. The number of hydrogen-bond acceptors (Lipinski definition) is 7. The molecule has 0 aliphatic heterocycles. The summed E-state index contributed by atoms with van der Waals surface area (Å²) in [7, 11) is 0. The van der Waals surface area contributed by atoms with Crippen LogP contribution in [0, 0.1) is 18.3 Å². The van der Waals surface area contributed by atoms with Gasteiger partial charge in [-0.15, -0.1) is 11.3 Å². The molecule has 0 aliphatic rings. The zero-order chi connectivity index (χ0) is 23.0. The standard InChI is InChI=1S/C22H25N3O5S/c1-5-25(13-16-11-9-8-10-15(16)12-23)22(28)24-19-17(20(26)29-6-2)14(4)18(31-19)21(27)30-7-3/h8-11H,5-7,13H2,1-4H3,(H,24,28). The third-order valence-electron chi connectivity index (χ3n) is 4.48. The van der Waals surface area contributed by atoms with Crippen molar-refractivity contribution >= 4 is 34.3 Å². The van der Waals surface area contributed by atoms with Gasteiger partial charge in [0.2, 0.25) is 0 Å². The van der Waals surface area contributed by atoms with Gasteiger partial charge in [0, 0.05) is 13.1 Å². The second kappa shape index (κ2) is 11.1. The fraction of sp³-hybridized carbons (Fsp3) is 0.364. The van der Waals surface area contributed by atoms with Crippen molar-refractivity contribution in [3.8, 4) is 6.07 Å². The molecule has 0 bridgehead atoms. The molecular formula is C22H25N3O5S. The molecule has 2 aromatic rings. The number of carbonyl (C=O) groups excluding carboxylic acids is 3. The Morgan fingerprint density at radius 3 is 2.35 bits per heavy atom. The number of benzene rings is 1. The number of carbonyl (C=O) groups is 3. The molecule has 1 N–H and O–H groups in total. The Bertz CT molecular complexity index is 1010. The minimum atomic E-state index is -0.625. The Hall–Kier alpha value is -3.38. The summed E-state index contributed by atoms with van der Waals surface area (Å²) in [6.07, 6.45) is 0. The summed E-state index contributed by atoms with van der Waals surface area (Å²) >= 11 is 0.972. The zero-order valence-electron chi connectivity index (χ0n) is 18.0. The van der Waals surface area contributed by atoms with Crippen molar-refractivity contribution in [2.24, 2.45) is 0 Å². The molecule has 8 nitrogen and oxygen atoms in total. The van der Waals surface area contributed by atoms with Crippen molar-refractivity contribution in [3.63, 3.8) is 0 Å². The molecule has 2 rings (SSSR count). The molecule has 164 valence electrons. The van der Waals surface area contributed by atoms with E-state index in [1.807, 2.05) is 6.92 Å². The molecule has 1 heterocycles. The van der Waals surface area contributed by atoms with E-state index in [4.69, 9.17) is 9.47 Å². The minimum absolute atomic E-state index is 0.136. The van der Waals surface area contributed by atoms with Gasteiger partial charge in [0.1, 0.15) is 9.88 Å². The van der Waals surface area contributed by atoms with Gasteiger partial charge in [-0.2, -0.15) is 5.26 Å². The van der Waals surface area contributed by atoms with Crippen molar-refractivity contribution in [2.45, 2.75) is 34.2 Å². The van der Waals surface area contributed by atoms with E-state index in [2.05, 4.69) is 11.4 Å². The summed E-state index contributed by atoms with van der Waals surface area (Å²) in [5, 5.41) is 12.2. The van der Waals surface area contributed by atoms with Crippen molar-refractivity contribution in [2.75, 3.05) is 25.1 Å². The van der Waals surface area contributed by atoms with E-state index in [0.717, 1.165) is 11.3 Å². The first kappa shape index (κ1) is 23.9. The largest absolute Gasteiger partial charge is 0.462 e. The number of anilines is 1. The van der Waals surface area contributed by atoms with Crippen LogP contribution in [-0.2, 0) is 16.0 Å². The summed E-state index contributed by atoms with van der Waals surface area (Å²) in [6.45, 7) is 7.72. The third-order valence-corrected chi connectivity index (χ3v) is 5.66. The Morgan fingerprint density at radius 2 is 1.74 bits per heavy atom. The molecule has 1 aromatic carbocycles. The Kier molecular flexibility index (Phi) is 8.58. The lowest BCUT2D eigenvalue weighted by molar-refractivity contribution is 0.0527. The Morgan fingerprint density at radius 1 is 1.10 bits per heavy atom. The van der Waals surface area contributed by atoms with Gasteiger partial charge in [-0.1, -0.05) is 18.2 Å². The number of ether oxygens (including phenoxy) is 2. The Labute approximate surface area is 185 Å². The van der Waals surface area contributed by atoms with E-state index in [1.54, 1.807) is 45.0 Å². The fourth-order valence-corrected chi connectivity index (χ4v) is 4.00. The van der Waals surface area contributed by atoms with Crippen LogP contribution in [0.25, 0.3) is 0 Å². The smallest absolute Gasteiger partial charge is 0.348 e. The normalized spacial score (nSPS) is 10.2. The van der Waals surface area contributed by atoms with Crippen LogP contribution in [-0.4, -0.2) is 42.6 Å². The van der Waals surface area contributed by atoms with E-state index in [9.17, 15) is 19.6 Å². The van der Waals surface area contributed by atoms with Crippen LogP contribution < -0.4 is 5.32 Å². The zero-order valence-corrected chi connectivity index (χ0v) is 18.8. The van der Waals surface area contributed by atoms with E-state index >= 15 is 0 Å². The van der Waals surface area contributed by atoms with E-state index in [0.29, 0.717) is 23.2 Å². The van der Waals surface area contributed by atoms with Crippen molar-refractivity contribution in [3.05, 3.63) is 51.4 Å². The average Bonchev–Trinajstić information content (AvgIpc) is 3.08. The van der Waals surface area contributed by atoms with E-state index < -0.39 is 18.0 Å². The van der Waals surface area contributed by atoms with Gasteiger partial charge in [0.15, 0.2) is 0 Å². The number of nitrogens with one attached hydrogen (secondary N) is 1. The van der Waals surface area contributed by atoms with E-state index in [-0.39, 0.29) is 35.2 Å². The lowest BCUT2D eigenvalue weighted by atomic mass is 10.1. The number of hydrogen-bond donors (Lipinski definition) is 1. The molecule has 1 aromatic heterocycles. The number of nitrogens with zero attached hydrogens (tertiary/aromatic N) is 2. The molecule has 31 heavy (non-hydrogen) atoms. The summed E-state index contributed by atoms with van der Waals surface area (Å²) in [6, 6.07) is 8.69. The highest BCUT2D eigenvalue weighted by molar-refractivity contribution is 7.18. The topological polar surface area (TPSA) is 109 Å². The fourth-order valence-electron chi connectivity index (χ4n) is 2.92. The van der Waals surface area contributed by atoms with Crippen molar-refractivity contribution < 1.29 is 23.9 Å². The van der Waals surface area contributed by atoms with Crippen LogP contribution in [0.1, 0.15) is 57.5 Å². The maximum absolute atomic E-state index is 13.0. The van der Waals surface area contributed by atoms with Gasteiger partial charge >= 0.3 is 18.0 Å². The maximum atomic E-state index is 13.0. The molecule has 0 atom stereocenters. The minimum Gasteiger partial charge on any atom is -0.462 e. The summed E-state index contributed by atoms with van der Waals surface area (Å²) in [5.74, 6) is -1.19. The lowest BCUT2D eigenvalue weighted by Crippen LogP contribution is -2.34. The average molecular weight is 444 g/mol. The molecule has 0 saturated heterocycles. The second-order valence-corrected chi connectivity index (χ2v) is 7.44. The van der Waals surface area contributed by atoms with Crippen molar-refractivity contribution in [1.82, 2.24) is 4.90 Å². The lowest BCUT2D eigenvalue weighted by Gasteiger charge is -2.22. The summed E-state index contributed by atoms with van der Waals surface area (Å²) in [4.78, 5) is 39.5. The molecule has 0 unspecified atom stereocenters. The first-order valence-electron chi connectivity index (χ1n) is 9.89. The van der Waals surface area contributed by atoms with Crippen LogP contribution in [0.3, 0.4) is 0 Å². The molecule has 0 spiro atoms. The van der Waals surface area contributed by atoms with Gasteiger partial charge in [0.05, 0.1) is 30.4 Å². The number of rotatable bonds is 8. The number of thiophene rings is 1. The van der Waals surface area contributed by atoms with E-state index in [1.165, 1.54) is 4.90 Å². The van der Waals surface area contributed by atoms with Gasteiger partial charge in [0.25, 0.3) is 0 Å². The predicted octanol–water partition coefficient (Wildman–Crippen LogP) is 4.34. The molecule has 0 radical (unpaired) electrons. The SMILES string of the molecule is CCOC(=O)c1sc(NC(=O)N(CC)Cc2ccccc2C#N)c(C(=O)OCC)c1C. The monoisotopic (exact) mass is 443 g/mol. The number of nitriles is 1. The first-order chi connectivity index (χ1) is 14.9. The van der Waals surface area contributed by atoms with Gasteiger partial charge in [-0.25, -0.2) is 14.4 Å². The van der Waals surface area contributed by atoms with Gasteiger partial charge < -0.3 is 14.4 Å². The highest BCUT2D eigenvalue weighted by Crippen LogP contribution is 2.34. The van der Waals surface area contributed by atoms with Crippen LogP contribution >= 0.6 is 11.3 Å². The maximum Gasteiger partial charge on any atom is 0.348 e. The van der Waals surface area contributed by atoms with Crippen molar-refractivity contribution in [1.29, 1.82) is 5.26 Å². The number of amides is 2. The second-order valence-electron chi connectivity index (χ2n) is 6.41. The summed E-state index contributed by atoms with van der Waals surface area (Å²) in [5.41, 5.74) is 1.73. The third kappa shape index (κ3) is 5.61. The quantitative estimate of drug-likeness (QED) is 0.608. The highest BCUT2D eigenvalue weighted by atomic mass is 32.1. The van der Waals surface area contributed by atoms with Gasteiger partial charge in [-0.05, 0) is 44.9 Å². The predicted molar refractivity (Wildman–Crippen MR) is 117 cm³/mol. The highest BCUT2D eigenvalue weighted by Gasteiger charge is 2.28. The molecule has 0 saturated carbocycles. The first-order valence-corrected chi connectivity index (χ1v) is 10.7. The van der Waals surface area contributed by atoms with Crippen LogP contribution in [0.4, 0.5) is 9.80 Å². The number of esters is 2.